The van der Waals surface area contributed by atoms with Gasteiger partial charge in [0, 0.05) is 0 Å². The van der Waals surface area contributed by atoms with E-state index in [1.807, 2.05) is 37.3 Å². The first-order chi connectivity index (χ1) is 9.65. The minimum atomic E-state index is -0.0403. The molecule has 0 spiro atoms. The van der Waals surface area contributed by atoms with Crippen molar-refractivity contribution in [3.8, 4) is 5.75 Å². The van der Waals surface area contributed by atoms with E-state index in [1.54, 1.807) is 7.11 Å². The van der Waals surface area contributed by atoms with Crippen molar-refractivity contribution in [2.45, 2.75) is 18.2 Å². The summed E-state index contributed by atoms with van der Waals surface area (Å²) in [5, 5.41) is 3.07. The fourth-order valence-electron chi connectivity index (χ4n) is 2.04. The topological polar surface area (TPSA) is 26.3 Å². The molecule has 0 aliphatic heterocycles. The van der Waals surface area contributed by atoms with Gasteiger partial charge < -0.3 is 0 Å². The SMILES string of the molecule is C=CC[Se]C(=O)C(C)c1ccc2cc(OC)ccc2c1. The second kappa shape index (κ2) is 6.74. The predicted octanol–water partition coefficient (Wildman–Crippen LogP) is 3.79. The number of rotatable bonds is 6. The zero-order chi connectivity index (χ0) is 14.5. The molecule has 1 unspecified atom stereocenters. The molecule has 3 heteroatoms. The molecule has 0 heterocycles. The van der Waals surface area contributed by atoms with Crippen LogP contribution in [-0.4, -0.2) is 26.7 Å². The first-order valence-corrected chi connectivity index (χ1v) is 8.57. The van der Waals surface area contributed by atoms with E-state index in [9.17, 15) is 4.79 Å². The molecule has 0 bridgehead atoms. The summed E-state index contributed by atoms with van der Waals surface area (Å²) < 4.78 is 5.55. The number of fused-ring (bicyclic) bond motifs is 1. The number of hydrogen-bond acceptors (Lipinski definition) is 2. The van der Waals surface area contributed by atoms with E-state index < -0.39 is 0 Å². The van der Waals surface area contributed by atoms with Gasteiger partial charge in [-0.3, -0.25) is 0 Å². The maximum absolute atomic E-state index is 12.1. The predicted molar refractivity (Wildman–Crippen MR) is 84.7 cm³/mol. The Morgan fingerprint density at radius 1 is 1.30 bits per heavy atom. The Morgan fingerprint density at radius 2 is 2.00 bits per heavy atom. The van der Waals surface area contributed by atoms with Gasteiger partial charge in [-0.1, -0.05) is 0 Å². The number of ether oxygens (including phenoxy) is 1. The molecule has 2 rings (SSSR count). The third kappa shape index (κ3) is 3.30. The van der Waals surface area contributed by atoms with Gasteiger partial charge in [0.05, 0.1) is 0 Å². The average molecular weight is 333 g/mol. The summed E-state index contributed by atoms with van der Waals surface area (Å²) in [4.78, 5) is 12.1. The molecule has 0 aliphatic rings. The molecule has 1 atom stereocenters. The van der Waals surface area contributed by atoms with E-state index in [0.29, 0.717) is 4.68 Å². The van der Waals surface area contributed by atoms with E-state index in [0.717, 1.165) is 27.4 Å². The van der Waals surface area contributed by atoms with E-state index in [2.05, 4.69) is 18.7 Å². The van der Waals surface area contributed by atoms with Crippen molar-refractivity contribution < 1.29 is 9.53 Å². The van der Waals surface area contributed by atoms with Crippen molar-refractivity contribution in [3.63, 3.8) is 0 Å². The molecule has 0 saturated carbocycles. The number of methoxy groups -OCH3 is 1. The maximum atomic E-state index is 12.1. The summed E-state index contributed by atoms with van der Waals surface area (Å²) in [6, 6.07) is 12.2. The number of benzene rings is 2. The summed E-state index contributed by atoms with van der Waals surface area (Å²) >= 11 is -0.00394. The molecule has 0 N–H and O–H groups in total. The molecule has 0 fully saturated rings. The van der Waals surface area contributed by atoms with Gasteiger partial charge in [0.2, 0.25) is 0 Å². The van der Waals surface area contributed by atoms with Crippen LogP contribution in [0.15, 0.2) is 49.1 Å². The Labute approximate surface area is 126 Å². The normalized spacial score (nSPS) is 12.1. The molecule has 2 nitrogen and oxygen atoms in total. The molecule has 0 amide bonds. The Morgan fingerprint density at radius 3 is 2.70 bits per heavy atom. The molecule has 2 aromatic rings. The van der Waals surface area contributed by atoms with Crippen LogP contribution in [0.1, 0.15) is 18.4 Å². The van der Waals surface area contributed by atoms with Crippen LogP contribution in [0.5, 0.6) is 5.75 Å². The summed E-state index contributed by atoms with van der Waals surface area (Å²) in [7, 11) is 1.66. The summed E-state index contributed by atoms with van der Waals surface area (Å²) in [5.41, 5.74) is 1.08. The van der Waals surface area contributed by atoms with Crippen LogP contribution in [0.4, 0.5) is 0 Å². The molecule has 0 aliphatic carbocycles. The van der Waals surface area contributed by atoms with Crippen LogP contribution in [0.2, 0.25) is 5.32 Å². The van der Waals surface area contributed by atoms with Gasteiger partial charge in [0.15, 0.2) is 0 Å². The molecular formula is C17H18O2Se. The quantitative estimate of drug-likeness (QED) is 0.594. The van der Waals surface area contributed by atoms with Crippen LogP contribution in [-0.2, 0) is 4.79 Å². The summed E-state index contributed by atoms with van der Waals surface area (Å²) in [5.74, 6) is 0.810. The first kappa shape index (κ1) is 14.8. The van der Waals surface area contributed by atoms with Crippen LogP contribution in [0, 0.1) is 0 Å². The zero-order valence-electron chi connectivity index (χ0n) is 11.8. The Bertz CT molecular complexity index is 634. The third-order valence-electron chi connectivity index (χ3n) is 3.27. The molecule has 104 valence electrons. The molecule has 0 saturated heterocycles. The standard InChI is InChI=1S/C17H18O2Se/c1-4-9-20-17(18)12(2)13-5-6-15-11-16(19-3)8-7-14(15)10-13/h4-8,10-12H,1,9H2,2-3H3. The summed E-state index contributed by atoms with van der Waals surface area (Å²) in [6.45, 7) is 5.66. The van der Waals surface area contributed by atoms with Crippen molar-refractivity contribution in [1.82, 2.24) is 0 Å². The van der Waals surface area contributed by atoms with Crippen LogP contribution in [0.3, 0.4) is 0 Å². The number of allylic oxidation sites excluding steroid dienone is 1. The molecule has 20 heavy (non-hydrogen) atoms. The monoisotopic (exact) mass is 334 g/mol. The molecule has 2 aromatic carbocycles. The van der Waals surface area contributed by atoms with Crippen LogP contribution in [0.25, 0.3) is 10.8 Å². The minimum absolute atomic E-state index is 0.00394. The zero-order valence-corrected chi connectivity index (χ0v) is 13.5. The number of carbonyl (C=O) groups is 1. The van der Waals surface area contributed by atoms with Crippen molar-refractivity contribution in [2.75, 3.05) is 7.11 Å². The second-order valence-electron chi connectivity index (χ2n) is 4.61. The van der Waals surface area contributed by atoms with Crippen LogP contribution >= 0.6 is 0 Å². The average Bonchev–Trinajstić information content (AvgIpc) is 2.50. The third-order valence-corrected chi connectivity index (χ3v) is 5.45. The van der Waals surface area contributed by atoms with Crippen LogP contribution < -0.4 is 4.74 Å². The van der Waals surface area contributed by atoms with Crippen molar-refractivity contribution in [2.24, 2.45) is 0 Å². The van der Waals surface area contributed by atoms with Gasteiger partial charge in [-0.05, 0) is 0 Å². The summed E-state index contributed by atoms with van der Waals surface area (Å²) in [6.07, 6.45) is 1.82. The second-order valence-corrected chi connectivity index (χ2v) is 6.76. The Hall–Kier alpha value is -1.57. The molecule has 0 radical (unpaired) electrons. The van der Waals surface area contributed by atoms with E-state index in [4.69, 9.17) is 4.74 Å². The Kier molecular flexibility index (Phi) is 4.99. The van der Waals surface area contributed by atoms with Gasteiger partial charge >= 0.3 is 126 Å². The van der Waals surface area contributed by atoms with E-state index in [1.165, 1.54) is 0 Å². The van der Waals surface area contributed by atoms with Gasteiger partial charge in [-0.25, -0.2) is 0 Å². The van der Waals surface area contributed by atoms with Gasteiger partial charge in [0.1, 0.15) is 0 Å². The van der Waals surface area contributed by atoms with Gasteiger partial charge in [-0.15, -0.1) is 0 Å². The number of carbonyl (C=O) groups excluding carboxylic acids is 1. The first-order valence-electron chi connectivity index (χ1n) is 6.51. The van der Waals surface area contributed by atoms with Crippen molar-refractivity contribution >= 4 is 30.4 Å². The molecular weight excluding hydrogens is 315 g/mol. The van der Waals surface area contributed by atoms with E-state index >= 15 is 0 Å². The fourth-order valence-corrected chi connectivity index (χ4v) is 3.44. The van der Waals surface area contributed by atoms with Crippen molar-refractivity contribution in [3.05, 3.63) is 54.6 Å². The van der Waals surface area contributed by atoms with Gasteiger partial charge in [0.25, 0.3) is 0 Å². The van der Waals surface area contributed by atoms with E-state index in [-0.39, 0.29) is 20.9 Å². The van der Waals surface area contributed by atoms with Gasteiger partial charge in [-0.2, -0.15) is 0 Å². The fraction of sp³-hybridized carbons (Fsp3) is 0.235. The van der Waals surface area contributed by atoms with Crippen molar-refractivity contribution in [1.29, 1.82) is 0 Å². The Balaban J connectivity index is 2.27. The number of hydrogen-bond donors (Lipinski definition) is 0. The molecule has 0 aromatic heterocycles.